The molecule has 1 aromatic carbocycles. The highest BCUT2D eigenvalue weighted by atomic mass is 16.6. The monoisotopic (exact) mass is 299 g/mol. The van der Waals surface area contributed by atoms with E-state index in [0.29, 0.717) is 12.2 Å². The van der Waals surface area contributed by atoms with E-state index in [0.717, 1.165) is 5.56 Å². The van der Waals surface area contributed by atoms with E-state index < -0.39 is 12.1 Å². The molecule has 0 bridgehead atoms. The molecule has 3 rings (SSSR count). The summed E-state index contributed by atoms with van der Waals surface area (Å²) in [7, 11) is 0. The van der Waals surface area contributed by atoms with Crippen molar-refractivity contribution in [3.63, 3.8) is 0 Å². The molecule has 1 fully saturated rings. The van der Waals surface area contributed by atoms with Gasteiger partial charge in [0, 0.05) is 4.92 Å². The van der Waals surface area contributed by atoms with E-state index >= 15 is 0 Å². The van der Waals surface area contributed by atoms with Crippen LogP contribution < -0.4 is 0 Å². The predicted molar refractivity (Wildman–Crippen MR) is 80.8 cm³/mol. The maximum Gasteiger partial charge on any atom is 0.249 e. The summed E-state index contributed by atoms with van der Waals surface area (Å²) in [6.07, 6.45) is 2.80. The zero-order chi connectivity index (χ0) is 15.5. The van der Waals surface area contributed by atoms with Crippen molar-refractivity contribution in [3.05, 3.63) is 82.8 Å². The molecule has 0 aliphatic carbocycles. The number of benzene rings is 1. The second kappa shape index (κ2) is 6.15. The molecule has 114 valence electrons. The first-order valence-corrected chi connectivity index (χ1v) is 7.20. The molecule has 0 unspecified atom stereocenters. The zero-order valence-corrected chi connectivity index (χ0v) is 12.0. The average molecular weight is 299 g/mol. The number of rotatable bonds is 4. The Labute approximate surface area is 128 Å². The zero-order valence-electron chi connectivity index (χ0n) is 12.0. The Balaban J connectivity index is 1.97. The van der Waals surface area contributed by atoms with Crippen molar-refractivity contribution in [1.82, 2.24) is 0 Å². The Bertz CT molecular complexity index is 638. The molecule has 0 amide bonds. The topological polar surface area (TPSA) is 65.5 Å². The molecule has 1 aliphatic rings. The van der Waals surface area contributed by atoms with Gasteiger partial charge >= 0.3 is 0 Å². The normalized spacial score (nSPS) is 28.2. The van der Waals surface area contributed by atoms with Crippen LogP contribution in [0.4, 0.5) is 0 Å². The molecule has 0 radical (unpaired) electrons. The van der Waals surface area contributed by atoms with Gasteiger partial charge in [-0.2, -0.15) is 0 Å². The summed E-state index contributed by atoms with van der Waals surface area (Å²) in [5.74, 6) is 0.415. The molecule has 4 atom stereocenters. The fourth-order valence-corrected chi connectivity index (χ4v) is 3.00. The van der Waals surface area contributed by atoms with Gasteiger partial charge in [0.2, 0.25) is 6.04 Å². The molecule has 2 aromatic rings. The number of ether oxygens (including phenoxy) is 1. The molecular weight excluding hydrogens is 282 g/mol. The molecular formula is C17H17NO4. The first-order chi connectivity index (χ1) is 10.7. The van der Waals surface area contributed by atoms with Crippen LogP contribution in [0.3, 0.4) is 0 Å². The van der Waals surface area contributed by atoms with Gasteiger partial charge in [-0.1, -0.05) is 36.4 Å². The minimum absolute atomic E-state index is 0.262. The van der Waals surface area contributed by atoms with E-state index in [2.05, 4.69) is 6.58 Å². The smallest absolute Gasteiger partial charge is 0.249 e. The van der Waals surface area contributed by atoms with Gasteiger partial charge in [-0.3, -0.25) is 10.1 Å². The van der Waals surface area contributed by atoms with E-state index in [9.17, 15) is 10.1 Å². The molecule has 1 aliphatic heterocycles. The van der Waals surface area contributed by atoms with Crippen LogP contribution in [-0.4, -0.2) is 11.0 Å². The lowest BCUT2D eigenvalue weighted by molar-refractivity contribution is -0.552. The first kappa shape index (κ1) is 14.5. The van der Waals surface area contributed by atoms with Gasteiger partial charge in [0.1, 0.15) is 11.9 Å². The van der Waals surface area contributed by atoms with Crippen molar-refractivity contribution in [1.29, 1.82) is 0 Å². The minimum atomic E-state index is -0.842. The maximum absolute atomic E-state index is 11.6. The highest BCUT2D eigenvalue weighted by molar-refractivity contribution is 5.21. The van der Waals surface area contributed by atoms with Crippen LogP contribution in [0.1, 0.15) is 30.0 Å². The molecule has 2 heterocycles. The molecule has 0 spiro atoms. The Kier molecular flexibility index (Phi) is 4.06. The lowest BCUT2D eigenvalue weighted by Crippen LogP contribution is -2.41. The second-order valence-corrected chi connectivity index (χ2v) is 5.38. The van der Waals surface area contributed by atoms with Crippen LogP contribution in [-0.2, 0) is 4.74 Å². The number of nitro groups is 1. The van der Waals surface area contributed by atoms with Crippen LogP contribution in [0, 0.1) is 16.0 Å². The van der Waals surface area contributed by atoms with E-state index in [1.54, 1.807) is 18.4 Å². The summed E-state index contributed by atoms with van der Waals surface area (Å²) in [6, 6.07) is 12.1. The number of nitrogens with zero attached hydrogens (tertiary/aromatic N) is 1. The quantitative estimate of drug-likeness (QED) is 0.487. The fourth-order valence-electron chi connectivity index (χ4n) is 3.00. The third-order valence-electron chi connectivity index (χ3n) is 4.08. The number of hydrogen-bond acceptors (Lipinski definition) is 4. The van der Waals surface area contributed by atoms with Crippen molar-refractivity contribution >= 4 is 0 Å². The van der Waals surface area contributed by atoms with E-state index in [1.807, 2.05) is 36.4 Å². The van der Waals surface area contributed by atoms with Gasteiger partial charge in [-0.15, -0.1) is 6.58 Å². The molecule has 5 heteroatoms. The first-order valence-electron chi connectivity index (χ1n) is 7.20. The standard InChI is InChI=1S/C17H17NO4/c1-2-12-11-15(14-9-6-10-21-14)22-17(16(12)18(19)20)13-7-4-3-5-8-13/h2-10,12,15-17H,1,11H2/t12-,15-,16-,17-/m0/s1. The lowest BCUT2D eigenvalue weighted by Gasteiger charge is -2.35. The second-order valence-electron chi connectivity index (χ2n) is 5.38. The summed E-state index contributed by atoms with van der Waals surface area (Å²) in [6.45, 7) is 3.77. The third kappa shape index (κ3) is 2.67. The molecule has 5 nitrogen and oxygen atoms in total. The van der Waals surface area contributed by atoms with Gasteiger partial charge in [-0.25, -0.2) is 0 Å². The van der Waals surface area contributed by atoms with Crippen LogP contribution in [0.5, 0.6) is 0 Å². The van der Waals surface area contributed by atoms with Crippen LogP contribution in [0.25, 0.3) is 0 Å². The van der Waals surface area contributed by atoms with Gasteiger partial charge in [-0.05, 0) is 24.1 Å². The summed E-state index contributed by atoms with van der Waals surface area (Å²) in [5.41, 5.74) is 0.798. The molecule has 0 N–H and O–H groups in total. The van der Waals surface area contributed by atoms with Gasteiger partial charge in [0.15, 0.2) is 6.10 Å². The minimum Gasteiger partial charge on any atom is -0.467 e. The largest absolute Gasteiger partial charge is 0.467 e. The predicted octanol–water partition coefficient (Wildman–Crippen LogP) is 3.93. The number of hydrogen-bond donors (Lipinski definition) is 0. The summed E-state index contributed by atoms with van der Waals surface area (Å²) >= 11 is 0. The average Bonchev–Trinajstić information content (AvgIpc) is 3.08. The molecule has 0 saturated carbocycles. The highest BCUT2D eigenvalue weighted by Crippen LogP contribution is 2.43. The lowest BCUT2D eigenvalue weighted by atomic mass is 9.84. The summed E-state index contributed by atoms with van der Waals surface area (Å²) < 4.78 is 11.5. The summed E-state index contributed by atoms with van der Waals surface area (Å²) in [4.78, 5) is 11.3. The van der Waals surface area contributed by atoms with Crippen molar-refractivity contribution in [2.75, 3.05) is 0 Å². The Hall–Kier alpha value is -2.40. The maximum atomic E-state index is 11.6. The third-order valence-corrected chi connectivity index (χ3v) is 4.08. The Morgan fingerprint density at radius 2 is 2.00 bits per heavy atom. The summed E-state index contributed by atoms with van der Waals surface area (Å²) in [5, 5.41) is 11.6. The van der Waals surface area contributed by atoms with Crippen LogP contribution in [0.2, 0.25) is 0 Å². The van der Waals surface area contributed by atoms with Crippen LogP contribution in [0.15, 0.2) is 65.8 Å². The molecule has 1 saturated heterocycles. The molecule has 22 heavy (non-hydrogen) atoms. The van der Waals surface area contributed by atoms with Gasteiger partial charge in [0.05, 0.1) is 12.2 Å². The van der Waals surface area contributed by atoms with E-state index in [-0.39, 0.29) is 16.9 Å². The number of furan rings is 1. The van der Waals surface area contributed by atoms with Gasteiger partial charge < -0.3 is 9.15 Å². The Morgan fingerprint density at radius 1 is 1.23 bits per heavy atom. The van der Waals surface area contributed by atoms with E-state index in [4.69, 9.17) is 9.15 Å². The van der Waals surface area contributed by atoms with Gasteiger partial charge in [0.25, 0.3) is 0 Å². The Morgan fingerprint density at radius 3 is 2.59 bits per heavy atom. The van der Waals surface area contributed by atoms with Crippen LogP contribution >= 0.6 is 0 Å². The van der Waals surface area contributed by atoms with E-state index in [1.165, 1.54) is 0 Å². The SMILES string of the molecule is C=C[C@H]1C[C@@H](c2ccco2)O[C@@H](c2ccccc2)[C@H]1[N+](=O)[O-]. The van der Waals surface area contributed by atoms with Crippen molar-refractivity contribution < 1.29 is 14.1 Å². The van der Waals surface area contributed by atoms with Crippen molar-refractivity contribution in [3.8, 4) is 0 Å². The highest BCUT2D eigenvalue weighted by Gasteiger charge is 2.46. The van der Waals surface area contributed by atoms with Crippen molar-refractivity contribution in [2.24, 2.45) is 5.92 Å². The molecule has 1 aromatic heterocycles. The van der Waals surface area contributed by atoms with Crippen molar-refractivity contribution in [2.45, 2.75) is 24.7 Å². The fraction of sp³-hybridized carbons (Fsp3) is 0.294.